The van der Waals surface area contributed by atoms with E-state index in [2.05, 4.69) is 10.3 Å². The Hall–Kier alpha value is -2.93. The summed E-state index contributed by atoms with van der Waals surface area (Å²) < 4.78 is 5.71. The van der Waals surface area contributed by atoms with Crippen molar-refractivity contribution in [3.8, 4) is 5.75 Å². The lowest BCUT2D eigenvalue weighted by atomic mass is 9.85. The second-order valence-electron chi connectivity index (χ2n) is 7.28. The van der Waals surface area contributed by atoms with Crippen molar-refractivity contribution in [2.45, 2.75) is 44.9 Å². The zero-order valence-electron chi connectivity index (χ0n) is 16.6. The number of amides is 1. The summed E-state index contributed by atoms with van der Waals surface area (Å²) in [6.45, 7) is 3.11. The van der Waals surface area contributed by atoms with Crippen LogP contribution in [0.2, 0.25) is 0 Å². The molecule has 0 bridgehead atoms. The number of nitrogens with zero attached hydrogens (tertiary/aromatic N) is 2. The van der Waals surface area contributed by atoms with Crippen LogP contribution < -0.4 is 10.1 Å². The third-order valence-corrected chi connectivity index (χ3v) is 5.14. The molecule has 1 amide bonds. The normalized spacial score (nSPS) is 18.1. The number of nitrogens with one attached hydrogen (secondary N) is 1. The monoisotopic (exact) mass is 397 g/mol. The van der Waals surface area contributed by atoms with Crippen molar-refractivity contribution < 1.29 is 19.4 Å². The minimum absolute atomic E-state index is 0.0168. The molecule has 154 valence electrons. The highest BCUT2D eigenvalue weighted by Gasteiger charge is 2.34. The van der Waals surface area contributed by atoms with E-state index in [-0.39, 0.29) is 24.5 Å². The molecule has 1 saturated carbocycles. The fourth-order valence-electron chi connectivity index (χ4n) is 3.49. The Balaban J connectivity index is 1.39. The van der Waals surface area contributed by atoms with E-state index in [9.17, 15) is 9.59 Å². The van der Waals surface area contributed by atoms with Gasteiger partial charge in [-0.3, -0.25) is 19.5 Å². The van der Waals surface area contributed by atoms with Crippen molar-refractivity contribution in [2.75, 3.05) is 13.1 Å². The molecule has 0 aliphatic heterocycles. The highest BCUT2D eigenvalue weighted by Crippen LogP contribution is 2.25. The number of carbonyl (C=O) groups is 2. The van der Waals surface area contributed by atoms with Gasteiger partial charge in [0.05, 0.1) is 18.7 Å². The molecule has 1 heterocycles. The Kier molecular flexibility index (Phi) is 7.19. The highest BCUT2D eigenvalue weighted by atomic mass is 16.5. The van der Waals surface area contributed by atoms with Gasteiger partial charge in [0, 0.05) is 18.3 Å². The summed E-state index contributed by atoms with van der Waals surface area (Å²) in [6, 6.07) is 13.5. The lowest BCUT2D eigenvalue weighted by molar-refractivity contribution is -0.139. The molecule has 1 aromatic carbocycles. The molecule has 0 spiro atoms. The van der Waals surface area contributed by atoms with Gasteiger partial charge in [0.25, 0.3) is 0 Å². The van der Waals surface area contributed by atoms with Crippen LogP contribution in [0, 0.1) is 0 Å². The van der Waals surface area contributed by atoms with Gasteiger partial charge >= 0.3 is 5.97 Å². The summed E-state index contributed by atoms with van der Waals surface area (Å²) in [6.07, 6.45) is 3.64. The Labute approximate surface area is 170 Å². The number of hydrogen-bond donors (Lipinski definition) is 2. The fourth-order valence-corrected chi connectivity index (χ4v) is 3.49. The van der Waals surface area contributed by atoms with Crippen molar-refractivity contribution in [3.63, 3.8) is 0 Å². The van der Waals surface area contributed by atoms with E-state index in [0.29, 0.717) is 19.6 Å². The van der Waals surface area contributed by atoms with E-state index in [0.717, 1.165) is 29.8 Å². The SMILES string of the molecule is CCN(CC(=O)O)C1CC(NC(=O)Cc2ccc(OCc3ccccn3)cc2)C1. The number of carboxylic acid groups (broad SMARTS) is 1. The largest absolute Gasteiger partial charge is 0.487 e. The number of carboxylic acids is 1. The number of ether oxygens (including phenoxy) is 1. The lowest BCUT2D eigenvalue weighted by Gasteiger charge is -2.42. The van der Waals surface area contributed by atoms with Crippen molar-refractivity contribution in [3.05, 3.63) is 59.9 Å². The standard InChI is InChI=1S/C22H27N3O4/c1-2-25(14-22(27)28)19-12-18(13-19)24-21(26)11-16-6-8-20(9-7-16)29-15-17-5-3-4-10-23-17/h3-10,18-19H,2,11-15H2,1H3,(H,24,26)(H,27,28). The first-order valence-electron chi connectivity index (χ1n) is 9.90. The van der Waals surface area contributed by atoms with Gasteiger partial charge in [-0.2, -0.15) is 0 Å². The molecule has 7 heteroatoms. The predicted molar refractivity (Wildman–Crippen MR) is 109 cm³/mol. The van der Waals surface area contributed by atoms with Gasteiger partial charge in [-0.05, 0) is 49.2 Å². The minimum atomic E-state index is -0.813. The highest BCUT2D eigenvalue weighted by molar-refractivity contribution is 5.79. The van der Waals surface area contributed by atoms with Gasteiger partial charge in [0.2, 0.25) is 5.91 Å². The molecular formula is C22H27N3O4. The van der Waals surface area contributed by atoms with Gasteiger partial charge in [-0.25, -0.2) is 0 Å². The van der Waals surface area contributed by atoms with Crippen molar-refractivity contribution >= 4 is 11.9 Å². The molecule has 0 atom stereocenters. The second-order valence-corrected chi connectivity index (χ2v) is 7.28. The third-order valence-electron chi connectivity index (χ3n) is 5.14. The van der Waals surface area contributed by atoms with Crippen LogP contribution in [0.25, 0.3) is 0 Å². The maximum atomic E-state index is 12.3. The van der Waals surface area contributed by atoms with Gasteiger partial charge < -0.3 is 15.2 Å². The Morgan fingerprint density at radius 2 is 1.97 bits per heavy atom. The minimum Gasteiger partial charge on any atom is -0.487 e. The van der Waals surface area contributed by atoms with E-state index in [1.54, 1.807) is 6.20 Å². The number of benzene rings is 1. The third kappa shape index (κ3) is 6.29. The van der Waals surface area contributed by atoms with Crippen LogP contribution in [0.5, 0.6) is 5.75 Å². The van der Waals surface area contributed by atoms with E-state index in [1.165, 1.54) is 0 Å². The maximum absolute atomic E-state index is 12.3. The molecule has 0 saturated heterocycles. The average Bonchev–Trinajstić information content (AvgIpc) is 2.69. The molecular weight excluding hydrogens is 370 g/mol. The molecule has 3 rings (SSSR count). The van der Waals surface area contributed by atoms with Crippen LogP contribution in [-0.2, 0) is 22.6 Å². The topological polar surface area (TPSA) is 91.8 Å². The molecule has 2 aromatic rings. The summed E-state index contributed by atoms with van der Waals surface area (Å²) in [5.41, 5.74) is 1.78. The molecule has 1 aromatic heterocycles. The maximum Gasteiger partial charge on any atom is 0.317 e. The van der Waals surface area contributed by atoms with Crippen LogP contribution >= 0.6 is 0 Å². The number of pyridine rings is 1. The van der Waals surface area contributed by atoms with Crippen LogP contribution in [-0.4, -0.2) is 52.0 Å². The lowest BCUT2D eigenvalue weighted by Crippen LogP contribution is -2.55. The zero-order valence-corrected chi connectivity index (χ0v) is 16.6. The van der Waals surface area contributed by atoms with E-state index in [1.807, 2.05) is 54.3 Å². The number of hydrogen-bond acceptors (Lipinski definition) is 5. The van der Waals surface area contributed by atoms with Crippen LogP contribution in [0.1, 0.15) is 31.0 Å². The molecule has 1 fully saturated rings. The quantitative estimate of drug-likeness (QED) is 0.639. The van der Waals surface area contributed by atoms with Crippen LogP contribution in [0.15, 0.2) is 48.7 Å². The number of aliphatic carboxylic acids is 1. The Morgan fingerprint density at radius 3 is 2.59 bits per heavy atom. The molecule has 0 radical (unpaired) electrons. The second kappa shape index (κ2) is 10.0. The first-order valence-corrected chi connectivity index (χ1v) is 9.90. The van der Waals surface area contributed by atoms with Gasteiger partial charge in [-0.1, -0.05) is 25.1 Å². The van der Waals surface area contributed by atoms with Crippen molar-refractivity contribution in [1.82, 2.24) is 15.2 Å². The van der Waals surface area contributed by atoms with Gasteiger partial charge in [-0.15, -0.1) is 0 Å². The molecule has 7 nitrogen and oxygen atoms in total. The Bertz CT molecular complexity index is 805. The first-order chi connectivity index (χ1) is 14.0. The number of carbonyl (C=O) groups excluding carboxylic acids is 1. The fraction of sp³-hybridized carbons (Fsp3) is 0.409. The van der Waals surface area contributed by atoms with E-state index < -0.39 is 5.97 Å². The summed E-state index contributed by atoms with van der Waals surface area (Å²) >= 11 is 0. The van der Waals surface area contributed by atoms with Gasteiger partial charge in [0.15, 0.2) is 0 Å². The summed E-state index contributed by atoms with van der Waals surface area (Å²) in [5, 5.41) is 12.0. The van der Waals surface area contributed by atoms with E-state index in [4.69, 9.17) is 9.84 Å². The van der Waals surface area contributed by atoms with Gasteiger partial charge in [0.1, 0.15) is 12.4 Å². The van der Waals surface area contributed by atoms with Crippen LogP contribution in [0.3, 0.4) is 0 Å². The van der Waals surface area contributed by atoms with Crippen molar-refractivity contribution in [1.29, 1.82) is 0 Å². The average molecular weight is 397 g/mol. The molecule has 0 unspecified atom stereocenters. The summed E-state index contributed by atoms with van der Waals surface area (Å²) in [5.74, 6) is -0.0941. The predicted octanol–water partition coefficient (Wildman–Crippen LogP) is 2.26. The number of aromatic nitrogens is 1. The van der Waals surface area contributed by atoms with Crippen molar-refractivity contribution in [2.24, 2.45) is 0 Å². The van der Waals surface area contributed by atoms with Crippen LogP contribution in [0.4, 0.5) is 0 Å². The number of rotatable bonds is 10. The molecule has 2 N–H and O–H groups in total. The molecule has 29 heavy (non-hydrogen) atoms. The number of likely N-dealkylation sites (N-methyl/N-ethyl adjacent to an activating group) is 1. The summed E-state index contributed by atoms with van der Waals surface area (Å²) in [4.78, 5) is 29.3. The zero-order chi connectivity index (χ0) is 20.6. The van der Waals surface area contributed by atoms with E-state index >= 15 is 0 Å². The Morgan fingerprint density at radius 1 is 1.21 bits per heavy atom. The molecule has 1 aliphatic carbocycles. The molecule has 1 aliphatic rings. The summed E-state index contributed by atoms with van der Waals surface area (Å²) in [7, 11) is 0. The first kappa shape index (κ1) is 20.8. The smallest absolute Gasteiger partial charge is 0.317 e.